The fourth-order valence-corrected chi connectivity index (χ4v) is 1.86. The zero-order valence-electron chi connectivity index (χ0n) is 10.3. The monoisotopic (exact) mass is 240 g/mol. The molecule has 0 aromatic heterocycles. The molecule has 0 saturated carbocycles. The molecule has 2 heteroatoms. The minimum Gasteiger partial charge on any atom is -0.385 e. The van der Waals surface area contributed by atoms with Crippen LogP contribution in [0.3, 0.4) is 0 Å². The van der Waals surface area contributed by atoms with Crippen LogP contribution in [0, 0.1) is 0 Å². The van der Waals surface area contributed by atoms with Crippen molar-refractivity contribution in [1.29, 1.82) is 0 Å². The Labute approximate surface area is 107 Å². The van der Waals surface area contributed by atoms with E-state index >= 15 is 0 Å². The van der Waals surface area contributed by atoms with E-state index in [-0.39, 0.29) is 5.78 Å². The maximum absolute atomic E-state index is 11.6. The summed E-state index contributed by atoms with van der Waals surface area (Å²) < 4.78 is 0. The van der Waals surface area contributed by atoms with Gasteiger partial charge in [-0.3, -0.25) is 4.79 Å². The van der Waals surface area contributed by atoms with Gasteiger partial charge in [0.25, 0.3) is 0 Å². The number of Topliss-reactive ketones (excluding diaryl/α,β-unsaturated/α-hetero) is 1. The van der Waals surface area contributed by atoms with E-state index < -0.39 is 6.10 Å². The second kappa shape index (κ2) is 5.61. The SMILES string of the molecule is CC(O)C(=O)c1ccc(Cc2ccccc2)cc1. The first-order valence-corrected chi connectivity index (χ1v) is 6.02. The van der Waals surface area contributed by atoms with Crippen molar-refractivity contribution in [3.05, 3.63) is 71.3 Å². The maximum Gasteiger partial charge on any atom is 0.190 e. The van der Waals surface area contributed by atoms with Crippen molar-refractivity contribution in [2.45, 2.75) is 19.4 Å². The third-order valence-corrected chi connectivity index (χ3v) is 2.87. The highest BCUT2D eigenvalue weighted by Gasteiger charge is 2.11. The molecule has 0 saturated heterocycles. The molecule has 18 heavy (non-hydrogen) atoms. The molecule has 2 nitrogen and oxygen atoms in total. The van der Waals surface area contributed by atoms with Gasteiger partial charge in [-0.05, 0) is 24.5 Å². The Morgan fingerprint density at radius 3 is 2.11 bits per heavy atom. The lowest BCUT2D eigenvalue weighted by Gasteiger charge is -2.05. The predicted molar refractivity (Wildman–Crippen MR) is 71.7 cm³/mol. The Hall–Kier alpha value is -1.93. The number of aliphatic hydroxyl groups excluding tert-OH is 1. The first kappa shape index (κ1) is 12.5. The third-order valence-electron chi connectivity index (χ3n) is 2.87. The van der Waals surface area contributed by atoms with Crippen LogP contribution in [0.2, 0.25) is 0 Å². The van der Waals surface area contributed by atoms with Crippen molar-refractivity contribution in [3.8, 4) is 0 Å². The molecule has 2 aromatic carbocycles. The summed E-state index contributed by atoms with van der Waals surface area (Å²) in [5.41, 5.74) is 2.96. The number of carbonyl (C=O) groups excluding carboxylic acids is 1. The molecular formula is C16H16O2. The Morgan fingerprint density at radius 2 is 1.56 bits per heavy atom. The number of hydrogen-bond acceptors (Lipinski definition) is 2. The summed E-state index contributed by atoms with van der Waals surface area (Å²) >= 11 is 0. The van der Waals surface area contributed by atoms with Crippen LogP contribution < -0.4 is 0 Å². The summed E-state index contributed by atoms with van der Waals surface area (Å²) in [6, 6.07) is 17.6. The normalized spacial score (nSPS) is 12.1. The number of ketones is 1. The molecule has 1 N–H and O–H groups in total. The standard InChI is InChI=1S/C16H16O2/c1-12(17)16(18)15-9-7-14(8-10-15)11-13-5-3-2-4-6-13/h2-10,12,17H,11H2,1H3. The molecule has 2 aromatic rings. The summed E-state index contributed by atoms with van der Waals surface area (Å²) in [6.45, 7) is 1.49. The topological polar surface area (TPSA) is 37.3 Å². The van der Waals surface area contributed by atoms with Crippen LogP contribution in [0.4, 0.5) is 0 Å². The Kier molecular flexibility index (Phi) is 3.90. The molecule has 0 heterocycles. The highest BCUT2D eigenvalue weighted by atomic mass is 16.3. The van der Waals surface area contributed by atoms with E-state index in [1.54, 1.807) is 12.1 Å². The van der Waals surface area contributed by atoms with E-state index in [2.05, 4.69) is 12.1 Å². The summed E-state index contributed by atoms with van der Waals surface area (Å²) in [4.78, 5) is 11.6. The van der Waals surface area contributed by atoms with Gasteiger partial charge in [0.2, 0.25) is 0 Å². The lowest BCUT2D eigenvalue weighted by atomic mass is 10.0. The van der Waals surface area contributed by atoms with Gasteiger partial charge in [-0.2, -0.15) is 0 Å². The minimum atomic E-state index is -0.940. The zero-order chi connectivity index (χ0) is 13.0. The van der Waals surface area contributed by atoms with E-state index in [1.807, 2.05) is 30.3 Å². The van der Waals surface area contributed by atoms with E-state index in [4.69, 9.17) is 0 Å². The van der Waals surface area contributed by atoms with Crippen LogP contribution >= 0.6 is 0 Å². The molecule has 0 amide bonds. The first-order valence-electron chi connectivity index (χ1n) is 6.02. The smallest absolute Gasteiger partial charge is 0.190 e. The van der Waals surface area contributed by atoms with Gasteiger partial charge in [-0.1, -0.05) is 54.6 Å². The van der Waals surface area contributed by atoms with Gasteiger partial charge in [0.05, 0.1) is 0 Å². The second-order valence-electron chi connectivity index (χ2n) is 4.40. The lowest BCUT2D eigenvalue weighted by molar-refractivity contribution is 0.0779. The molecular weight excluding hydrogens is 224 g/mol. The van der Waals surface area contributed by atoms with Gasteiger partial charge in [0.15, 0.2) is 5.78 Å². The molecule has 0 aliphatic rings. The van der Waals surface area contributed by atoms with E-state index in [1.165, 1.54) is 12.5 Å². The molecule has 0 spiro atoms. The van der Waals surface area contributed by atoms with E-state index in [9.17, 15) is 9.90 Å². The Balaban J connectivity index is 2.11. The Morgan fingerprint density at radius 1 is 1.00 bits per heavy atom. The molecule has 0 aliphatic carbocycles. The molecule has 1 unspecified atom stereocenters. The first-order chi connectivity index (χ1) is 8.66. The van der Waals surface area contributed by atoms with Crippen LogP contribution in [0.5, 0.6) is 0 Å². The number of rotatable bonds is 4. The molecule has 0 aliphatic heterocycles. The van der Waals surface area contributed by atoms with Crippen LogP contribution in [0.1, 0.15) is 28.4 Å². The van der Waals surface area contributed by atoms with Crippen molar-refractivity contribution >= 4 is 5.78 Å². The van der Waals surface area contributed by atoms with Gasteiger partial charge in [-0.15, -0.1) is 0 Å². The maximum atomic E-state index is 11.6. The number of hydrogen-bond donors (Lipinski definition) is 1. The largest absolute Gasteiger partial charge is 0.385 e. The van der Waals surface area contributed by atoms with Crippen molar-refractivity contribution in [1.82, 2.24) is 0 Å². The molecule has 92 valence electrons. The Bertz CT molecular complexity index is 513. The number of aliphatic hydroxyl groups is 1. The van der Waals surface area contributed by atoms with Gasteiger partial charge in [0.1, 0.15) is 6.10 Å². The highest BCUT2D eigenvalue weighted by Crippen LogP contribution is 2.11. The molecule has 0 bridgehead atoms. The fraction of sp³-hybridized carbons (Fsp3) is 0.188. The van der Waals surface area contributed by atoms with Crippen LogP contribution in [0.25, 0.3) is 0 Å². The number of benzene rings is 2. The minimum absolute atomic E-state index is 0.235. The summed E-state index contributed by atoms with van der Waals surface area (Å²) in [7, 11) is 0. The fourth-order valence-electron chi connectivity index (χ4n) is 1.86. The average Bonchev–Trinajstić information content (AvgIpc) is 2.40. The van der Waals surface area contributed by atoms with Gasteiger partial charge >= 0.3 is 0 Å². The van der Waals surface area contributed by atoms with Crippen molar-refractivity contribution in [3.63, 3.8) is 0 Å². The molecule has 1 atom stereocenters. The van der Waals surface area contributed by atoms with Gasteiger partial charge in [-0.25, -0.2) is 0 Å². The van der Waals surface area contributed by atoms with Gasteiger partial charge < -0.3 is 5.11 Å². The van der Waals surface area contributed by atoms with Crippen molar-refractivity contribution in [2.75, 3.05) is 0 Å². The second-order valence-corrected chi connectivity index (χ2v) is 4.40. The van der Waals surface area contributed by atoms with Crippen LogP contribution in [-0.4, -0.2) is 17.0 Å². The summed E-state index contributed by atoms with van der Waals surface area (Å²) in [6.07, 6.45) is -0.0887. The quantitative estimate of drug-likeness (QED) is 0.834. The van der Waals surface area contributed by atoms with Crippen molar-refractivity contribution in [2.24, 2.45) is 0 Å². The van der Waals surface area contributed by atoms with E-state index in [0.717, 1.165) is 12.0 Å². The predicted octanol–water partition coefficient (Wildman–Crippen LogP) is 2.84. The average molecular weight is 240 g/mol. The van der Waals surface area contributed by atoms with Crippen molar-refractivity contribution < 1.29 is 9.90 Å². The molecule has 2 rings (SSSR count). The van der Waals surface area contributed by atoms with Crippen LogP contribution in [0.15, 0.2) is 54.6 Å². The summed E-state index contributed by atoms with van der Waals surface area (Å²) in [5, 5.41) is 9.23. The van der Waals surface area contributed by atoms with Crippen LogP contribution in [-0.2, 0) is 6.42 Å². The number of carbonyl (C=O) groups is 1. The summed E-state index contributed by atoms with van der Waals surface area (Å²) in [5.74, 6) is -0.235. The molecule has 0 radical (unpaired) electrons. The zero-order valence-corrected chi connectivity index (χ0v) is 10.3. The molecule has 0 fully saturated rings. The van der Waals surface area contributed by atoms with Gasteiger partial charge in [0, 0.05) is 5.56 Å². The highest BCUT2D eigenvalue weighted by molar-refractivity contribution is 5.99. The van der Waals surface area contributed by atoms with E-state index in [0.29, 0.717) is 5.56 Å². The third kappa shape index (κ3) is 3.05. The lowest BCUT2D eigenvalue weighted by Crippen LogP contribution is -2.15.